The van der Waals surface area contributed by atoms with Crippen LogP contribution in [0.15, 0.2) is 72.8 Å². The van der Waals surface area contributed by atoms with Gasteiger partial charge >= 0.3 is 6.09 Å². The summed E-state index contributed by atoms with van der Waals surface area (Å²) in [6.07, 6.45) is -0.556. The molecule has 5 heteroatoms. The van der Waals surface area contributed by atoms with Gasteiger partial charge in [-0.2, -0.15) is 0 Å². The number of anilines is 2. The Labute approximate surface area is 146 Å². The van der Waals surface area contributed by atoms with Crippen LogP contribution in [0, 0.1) is 0 Å². The van der Waals surface area contributed by atoms with E-state index in [9.17, 15) is 4.79 Å². The molecule has 0 spiro atoms. The molecule has 3 rings (SSSR count). The summed E-state index contributed by atoms with van der Waals surface area (Å²) in [5, 5.41) is 2.72. The van der Waals surface area contributed by atoms with Gasteiger partial charge in [0.05, 0.1) is 7.11 Å². The molecule has 0 bridgehead atoms. The standard InChI is InChI=1S/C20H18N2O3/c1-24-18-9-11-19(12-10-18)25-20(23)22-17-4-2-3-15(13-17)14-5-7-16(21)8-6-14/h2-13H,21H2,1H3,(H,22,23). The Morgan fingerprint density at radius 2 is 1.56 bits per heavy atom. The number of nitrogen functional groups attached to an aromatic ring is 1. The lowest BCUT2D eigenvalue weighted by molar-refractivity contribution is 0.215. The summed E-state index contributed by atoms with van der Waals surface area (Å²) in [5.41, 5.74) is 9.06. The van der Waals surface area contributed by atoms with Crippen LogP contribution in [0.3, 0.4) is 0 Å². The number of nitrogens with two attached hydrogens (primary N) is 1. The van der Waals surface area contributed by atoms with Gasteiger partial charge in [-0.25, -0.2) is 4.79 Å². The van der Waals surface area contributed by atoms with Crippen molar-refractivity contribution in [2.75, 3.05) is 18.2 Å². The number of nitrogens with one attached hydrogen (secondary N) is 1. The van der Waals surface area contributed by atoms with Crippen molar-refractivity contribution < 1.29 is 14.3 Å². The second kappa shape index (κ2) is 7.40. The SMILES string of the molecule is COc1ccc(OC(=O)Nc2cccc(-c3ccc(N)cc3)c2)cc1. The second-order valence-corrected chi connectivity index (χ2v) is 5.39. The lowest BCUT2D eigenvalue weighted by Gasteiger charge is -2.09. The van der Waals surface area contributed by atoms with E-state index in [-0.39, 0.29) is 0 Å². The van der Waals surface area contributed by atoms with E-state index in [0.29, 0.717) is 22.9 Å². The fraction of sp³-hybridized carbons (Fsp3) is 0.0500. The van der Waals surface area contributed by atoms with E-state index in [0.717, 1.165) is 11.1 Å². The first-order chi connectivity index (χ1) is 12.1. The average Bonchev–Trinajstić information content (AvgIpc) is 2.63. The molecule has 3 aromatic carbocycles. The van der Waals surface area contributed by atoms with Crippen LogP contribution in [-0.2, 0) is 0 Å². The Morgan fingerprint density at radius 3 is 2.24 bits per heavy atom. The maximum Gasteiger partial charge on any atom is 0.417 e. The fourth-order valence-electron chi connectivity index (χ4n) is 2.35. The number of ether oxygens (including phenoxy) is 2. The summed E-state index contributed by atoms with van der Waals surface area (Å²) < 4.78 is 10.3. The van der Waals surface area contributed by atoms with Crippen LogP contribution >= 0.6 is 0 Å². The molecule has 5 nitrogen and oxygen atoms in total. The Morgan fingerprint density at radius 1 is 0.880 bits per heavy atom. The summed E-state index contributed by atoms with van der Waals surface area (Å²) in [7, 11) is 1.58. The molecule has 0 aliphatic rings. The molecule has 3 N–H and O–H groups in total. The van der Waals surface area contributed by atoms with Gasteiger partial charge in [0.25, 0.3) is 0 Å². The normalized spacial score (nSPS) is 10.1. The highest BCUT2D eigenvalue weighted by Crippen LogP contribution is 2.24. The van der Waals surface area contributed by atoms with Crippen molar-refractivity contribution in [2.45, 2.75) is 0 Å². The van der Waals surface area contributed by atoms with Gasteiger partial charge in [-0.05, 0) is 59.7 Å². The molecular weight excluding hydrogens is 316 g/mol. The number of hydrogen-bond acceptors (Lipinski definition) is 4. The molecule has 0 aliphatic heterocycles. The number of carbonyl (C=O) groups is 1. The van der Waals surface area contributed by atoms with Gasteiger partial charge in [0, 0.05) is 11.4 Å². The van der Waals surface area contributed by atoms with E-state index in [4.69, 9.17) is 15.2 Å². The highest BCUT2D eigenvalue weighted by molar-refractivity contribution is 5.87. The topological polar surface area (TPSA) is 73.6 Å². The van der Waals surface area contributed by atoms with Gasteiger partial charge < -0.3 is 15.2 Å². The van der Waals surface area contributed by atoms with Gasteiger partial charge in [-0.15, -0.1) is 0 Å². The molecule has 0 saturated carbocycles. The van der Waals surface area contributed by atoms with Gasteiger partial charge in [0.15, 0.2) is 0 Å². The zero-order chi connectivity index (χ0) is 17.6. The maximum atomic E-state index is 12.0. The van der Waals surface area contributed by atoms with E-state index in [1.54, 1.807) is 37.4 Å². The number of hydrogen-bond donors (Lipinski definition) is 2. The molecular formula is C20H18N2O3. The monoisotopic (exact) mass is 334 g/mol. The van der Waals surface area contributed by atoms with Crippen LogP contribution in [0.1, 0.15) is 0 Å². The second-order valence-electron chi connectivity index (χ2n) is 5.39. The number of carbonyl (C=O) groups excluding carboxylic acids is 1. The molecule has 126 valence electrons. The van der Waals surface area contributed by atoms with Crippen molar-refractivity contribution in [3.05, 3.63) is 72.8 Å². The lowest BCUT2D eigenvalue weighted by Crippen LogP contribution is -2.16. The van der Waals surface area contributed by atoms with Crippen molar-refractivity contribution in [2.24, 2.45) is 0 Å². The van der Waals surface area contributed by atoms with E-state index < -0.39 is 6.09 Å². The molecule has 0 unspecified atom stereocenters. The first-order valence-electron chi connectivity index (χ1n) is 7.73. The van der Waals surface area contributed by atoms with Gasteiger partial charge in [0.1, 0.15) is 11.5 Å². The quantitative estimate of drug-likeness (QED) is 0.686. The molecule has 1 amide bonds. The third-order valence-corrected chi connectivity index (χ3v) is 3.62. The number of amides is 1. The van der Waals surface area contributed by atoms with Crippen molar-refractivity contribution in [1.29, 1.82) is 0 Å². The third kappa shape index (κ3) is 4.29. The van der Waals surface area contributed by atoms with Crippen molar-refractivity contribution in [3.63, 3.8) is 0 Å². The highest BCUT2D eigenvalue weighted by Gasteiger charge is 2.06. The minimum Gasteiger partial charge on any atom is -0.497 e. The zero-order valence-electron chi connectivity index (χ0n) is 13.7. The number of rotatable bonds is 4. The third-order valence-electron chi connectivity index (χ3n) is 3.62. The highest BCUT2D eigenvalue weighted by atomic mass is 16.6. The predicted molar refractivity (Wildman–Crippen MR) is 98.9 cm³/mol. The molecule has 0 aromatic heterocycles. The Balaban J connectivity index is 1.68. The molecule has 0 radical (unpaired) electrons. The fourth-order valence-corrected chi connectivity index (χ4v) is 2.35. The molecule has 0 aliphatic carbocycles. The van der Waals surface area contributed by atoms with Crippen LogP contribution in [0.5, 0.6) is 11.5 Å². The zero-order valence-corrected chi connectivity index (χ0v) is 13.7. The van der Waals surface area contributed by atoms with Crippen LogP contribution in [0.25, 0.3) is 11.1 Å². The first-order valence-corrected chi connectivity index (χ1v) is 7.73. The number of benzene rings is 3. The average molecular weight is 334 g/mol. The smallest absolute Gasteiger partial charge is 0.417 e. The lowest BCUT2D eigenvalue weighted by atomic mass is 10.0. The Bertz CT molecular complexity index is 859. The summed E-state index contributed by atoms with van der Waals surface area (Å²) in [4.78, 5) is 12.0. The van der Waals surface area contributed by atoms with E-state index in [1.807, 2.05) is 42.5 Å². The summed E-state index contributed by atoms with van der Waals surface area (Å²) in [5.74, 6) is 1.14. The van der Waals surface area contributed by atoms with Crippen LogP contribution in [0.2, 0.25) is 0 Å². The molecule has 3 aromatic rings. The van der Waals surface area contributed by atoms with Crippen LogP contribution < -0.4 is 20.5 Å². The molecule has 25 heavy (non-hydrogen) atoms. The maximum absolute atomic E-state index is 12.0. The first kappa shape index (κ1) is 16.4. The van der Waals surface area contributed by atoms with Crippen LogP contribution in [-0.4, -0.2) is 13.2 Å². The van der Waals surface area contributed by atoms with Gasteiger partial charge in [-0.1, -0.05) is 24.3 Å². The summed E-state index contributed by atoms with van der Waals surface area (Å²) >= 11 is 0. The van der Waals surface area contributed by atoms with Crippen molar-refractivity contribution >= 4 is 17.5 Å². The molecule has 0 atom stereocenters. The largest absolute Gasteiger partial charge is 0.497 e. The minimum absolute atomic E-state index is 0.438. The summed E-state index contributed by atoms with van der Waals surface area (Å²) in [6.45, 7) is 0. The Hall–Kier alpha value is -3.47. The van der Waals surface area contributed by atoms with Gasteiger partial charge in [0.2, 0.25) is 0 Å². The van der Waals surface area contributed by atoms with Gasteiger partial charge in [-0.3, -0.25) is 5.32 Å². The summed E-state index contributed by atoms with van der Waals surface area (Å²) in [6, 6.07) is 21.9. The van der Waals surface area contributed by atoms with E-state index in [2.05, 4.69) is 5.32 Å². The Kier molecular flexibility index (Phi) is 4.85. The predicted octanol–water partition coefficient (Wildman–Crippen LogP) is 4.56. The van der Waals surface area contributed by atoms with Crippen LogP contribution in [0.4, 0.5) is 16.2 Å². The minimum atomic E-state index is -0.556. The van der Waals surface area contributed by atoms with E-state index in [1.165, 1.54) is 0 Å². The van der Waals surface area contributed by atoms with E-state index >= 15 is 0 Å². The molecule has 0 fully saturated rings. The van der Waals surface area contributed by atoms with Crippen molar-refractivity contribution in [3.8, 4) is 22.6 Å². The number of methoxy groups -OCH3 is 1. The van der Waals surface area contributed by atoms with Crippen molar-refractivity contribution in [1.82, 2.24) is 0 Å². The molecule has 0 heterocycles. The molecule has 0 saturated heterocycles.